The summed E-state index contributed by atoms with van der Waals surface area (Å²) in [6.45, 7) is 0.564. The van der Waals surface area contributed by atoms with E-state index in [-0.39, 0.29) is 18.3 Å². The van der Waals surface area contributed by atoms with Crippen LogP contribution in [0, 0.1) is 0 Å². The van der Waals surface area contributed by atoms with Gasteiger partial charge in [-0.25, -0.2) is 0 Å². The predicted molar refractivity (Wildman–Crippen MR) is 82.6 cm³/mol. The minimum atomic E-state index is -0.184. The first-order valence-corrected chi connectivity index (χ1v) is 6.81. The van der Waals surface area contributed by atoms with E-state index in [1.54, 1.807) is 6.07 Å². The number of halogens is 1. The number of amides is 1. The summed E-state index contributed by atoms with van der Waals surface area (Å²) in [7, 11) is 0. The lowest BCUT2D eigenvalue weighted by atomic mass is 10.1. The smallest absolute Gasteiger partial charge is 0.273 e. The van der Waals surface area contributed by atoms with Crippen molar-refractivity contribution in [3.8, 4) is 0 Å². The Kier molecular flexibility index (Phi) is 4.85. The lowest BCUT2D eigenvalue weighted by Crippen LogP contribution is -2.25. The highest BCUT2D eigenvalue weighted by molar-refractivity contribution is 5.92. The molecule has 112 valence electrons. The van der Waals surface area contributed by atoms with E-state index in [0.29, 0.717) is 18.2 Å². The third-order valence-corrected chi connectivity index (χ3v) is 3.42. The summed E-state index contributed by atoms with van der Waals surface area (Å²) in [6, 6.07) is 9.38. The van der Waals surface area contributed by atoms with Crippen LogP contribution in [0.25, 0.3) is 0 Å². The Morgan fingerprint density at radius 2 is 2.05 bits per heavy atom. The van der Waals surface area contributed by atoms with Crippen LogP contribution in [0.2, 0.25) is 0 Å². The van der Waals surface area contributed by atoms with Gasteiger partial charge in [-0.15, -0.1) is 12.4 Å². The molecular weight excluding hydrogens is 290 g/mol. The van der Waals surface area contributed by atoms with E-state index in [9.17, 15) is 4.79 Å². The second kappa shape index (κ2) is 6.63. The quantitative estimate of drug-likeness (QED) is 0.832. The molecule has 1 aromatic carbocycles. The van der Waals surface area contributed by atoms with Crippen LogP contribution in [0.4, 0.5) is 5.69 Å². The van der Waals surface area contributed by atoms with Crippen LogP contribution in [0.15, 0.2) is 34.9 Å². The molecule has 0 radical (unpaired) electrons. The van der Waals surface area contributed by atoms with Crippen LogP contribution >= 0.6 is 12.4 Å². The van der Waals surface area contributed by atoms with Gasteiger partial charge in [0.15, 0.2) is 5.69 Å². The molecule has 0 saturated heterocycles. The topological polar surface area (TPSA) is 81.1 Å². The maximum absolute atomic E-state index is 11.9. The molecule has 0 atom stereocenters. The van der Waals surface area contributed by atoms with Crippen molar-refractivity contribution in [3.63, 3.8) is 0 Å². The van der Waals surface area contributed by atoms with Gasteiger partial charge in [0.25, 0.3) is 5.91 Å². The molecule has 1 aliphatic rings. The van der Waals surface area contributed by atoms with Gasteiger partial charge in [-0.05, 0) is 37.0 Å². The first kappa shape index (κ1) is 15.4. The molecule has 0 unspecified atom stereocenters. The fourth-order valence-electron chi connectivity index (χ4n) is 2.05. The maximum atomic E-state index is 11.9. The highest BCUT2D eigenvalue weighted by atomic mass is 35.5. The lowest BCUT2D eigenvalue weighted by molar-refractivity contribution is 0.0945. The summed E-state index contributed by atoms with van der Waals surface area (Å²) in [5.41, 5.74) is 7.87. The molecule has 1 amide bonds. The number of nitrogens with two attached hydrogens (primary N) is 1. The molecule has 3 N–H and O–H groups in total. The molecule has 1 heterocycles. The summed E-state index contributed by atoms with van der Waals surface area (Å²) in [5, 5.41) is 6.65. The lowest BCUT2D eigenvalue weighted by Gasteiger charge is -2.03. The molecule has 1 aliphatic carbocycles. The van der Waals surface area contributed by atoms with E-state index >= 15 is 0 Å². The fraction of sp³-hybridized carbons (Fsp3) is 0.333. The van der Waals surface area contributed by atoms with E-state index in [0.717, 1.165) is 36.3 Å². The van der Waals surface area contributed by atoms with Crippen LogP contribution < -0.4 is 11.1 Å². The number of hydrogen-bond donors (Lipinski definition) is 2. The highest BCUT2D eigenvalue weighted by Crippen LogP contribution is 2.40. The van der Waals surface area contributed by atoms with Crippen molar-refractivity contribution in [1.82, 2.24) is 10.5 Å². The number of benzene rings is 1. The minimum Gasteiger partial charge on any atom is -0.399 e. The molecule has 1 saturated carbocycles. The zero-order valence-electron chi connectivity index (χ0n) is 11.5. The molecule has 0 spiro atoms. The van der Waals surface area contributed by atoms with Crippen molar-refractivity contribution in [2.75, 3.05) is 12.3 Å². The Morgan fingerprint density at radius 1 is 1.33 bits per heavy atom. The van der Waals surface area contributed by atoms with Crippen molar-refractivity contribution in [2.24, 2.45) is 0 Å². The Labute approximate surface area is 129 Å². The maximum Gasteiger partial charge on any atom is 0.273 e. The summed E-state index contributed by atoms with van der Waals surface area (Å²) < 4.78 is 5.16. The van der Waals surface area contributed by atoms with Gasteiger partial charge in [0, 0.05) is 24.2 Å². The summed E-state index contributed by atoms with van der Waals surface area (Å²) in [4.78, 5) is 11.9. The minimum absolute atomic E-state index is 0. The van der Waals surface area contributed by atoms with E-state index in [2.05, 4.69) is 10.5 Å². The monoisotopic (exact) mass is 307 g/mol. The van der Waals surface area contributed by atoms with Crippen LogP contribution in [0.1, 0.15) is 40.6 Å². The largest absolute Gasteiger partial charge is 0.399 e. The number of carbonyl (C=O) groups is 1. The normalized spacial score (nSPS) is 13.5. The number of carbonyl (C=O) groups excluding carboxylic acids is 1. The van der Waals surface area contributed by atoms with Crippen LogP contribution in [0.5, 0.6) is 0 Å². The second-order valence-electron chi connectivity index (χ2n) is 5.14. The fourth-order valence-corrected chi connectivity index (χ4v) is 2.05. The van der Waals surface area contributed by atoms with E-state index in [4.69, 9.17) is 10.3 Å². The molecule has 5 nitrogen and oxygen atoms in total. The average molecular weight is 308 g/mol. The van der Waals surface area contributed by atoms with Crippen LogP contribution in [-0.2, 0) is 6.42 Å². The zero-order chi connectivity index (χ0) is 13.9. The zero-order valence-corrected chi connectivity index (χ0v) is 12.4. The standard InChI is InChI=1S/C15H17N3O2.ClH/c16-12-5-1-10(2-6-12)7-8-17-15(19)13-9-14(20-18-13)11-3-4-11;/h1-2,5-6,9,11H,3-4,7-8,16H2,(H,17,19);1H. The van der Waals surface area contributed by atoms with E-state index in [1.807, 2.05) is 24.3 Å². The third kappa shape index (κ3) is 3.98. The van der Waals surface area contributed by atoms with Gasteiger partial charge in [0.05, 0.1) is 0 Å². The second-order valence-corrected chi connectivity index (χ2v) is 5.14. The molecule has 1 aromatic heterocycles. The van der Waals surface area contributed by atoms with Gasteiger partial charge in [0.1, 0.15) is 5.76 Å². The van der Waals surface area contributed by atoms with Gasteiger partial charge in [-0.1, -0.05) is 17.3 Å². The molecule has 2 aromatic rings. The Balaban J connectivity index is 0.00000161. The van der Waals surface area contributed by atoms with Crippen molar-refractivity contribution in [1.29, 1.82) is 0 Å². The Bertz CT molecular complexity index is 606. The van der Waals surface area contributed by atoms with E-state index < -0.39 is 0 Å². The van der Waals surface area contributed by atoms with E-state index in [1.165, 1.54) is 0 Å². The van der Waals surface area contributed by atoms with Gasteiger partial charge in [-0.2, -0.15) is 0 Å². The van der Waals surface area contributed by atoms with Crippen LogP contribution in [0.3, 0.4) is 0 Å². The summed E-state index contributed by atoms with van der Waals surface area (Å²) in [6.07, 6.45) is 3.03. The van der Waals surface area contributed by atoms with Gasteiger partial charge in [0.2, 0.25) is 0 Å². The Morgan fingerprint density at radius 3 is 2.71 bits per heavy atom. The Hall–Kier alpha value is -2.01. The van der Waals surface area contributed by atoms with Crippen molar-refractivity contribution < 1.29 is 9.32 Å². The highest BCUT2D eigenvalue weighted by Gasteiger charge is 2.28. The van der Waals surface area contributed by atoms with Crippen molar-refractivity contribution in [3.05, 3.63) is 47.3 Å². The first-order valence-electron chi connectivity index (χ1n) is 6.81. The van der Waals surface area contributed by atoms with Crippen LogP contribution in [-0.4, -0.2) is 17.6 Å². The summed E-state index contributed by atoms with van der Waals surface area (Å²) in [5.74, 6) is 1.11. The molecule has 0 bridgehead atoms. The average Bonchev–Trinajstić information content (AvgIpc) is 3.18. The number of rotatable bonds is 5. The molecule has 21 heavy (non-hydrogen) atoms. The predicted octanol–water partition coefficient (Wildman–Crippen LogP) is 2.53. The first-order chi connectivity index (χ1) is 9.72. The molecule has 6 heteroatoms. The van der Waals surface area contributed by atoms with Gasteiger partial charge >= 0.3 is 0 Å². The molecule has 0 aliphatic heterocycles. The number of hydrogen-bond acceptors (Lipinski definition) is 4. The molecular formula is C15H18ClN3O2. The molecule has 1 fully saturated rings. The summed E-state index contributed by atoms with van der Waals surface area (Å²) >= 11 is 0. The SMILES string of the molecule is Cl.Nc1ccc(CCNC(=O)c2cc(C3CC3)on2)cc1. The number of anilines is 1. The van der Waals surface area contributed by atoms with Gasteiger partial charge < -0.3 is 15.6 Å². The third-order valence-electron chi connectivity index (χ3n) is 3.42. The number of nitrogen functional groups attached to an aromatic ring is 1. The molecule has 3 rings (SSSR count). The number of nitrogens with zero attached hydrogens (tertiary/aromatic N) is 1. The van der Waals surface area contributed by atoms with Crippen molar-refractivity contribution >= 4 is 24.0 Å². The number of nitrogens with one attached hydrogen (secondary N) is 1. The number of aromatic nitrogens is 1. The van der Waals surface area contributed by atoms with Crippen molar-refractivity contribution in [2.45, 2.75) is 25.2 Å². The van der Waals surface area contributed by atoms with Gasteiger partial charge in [-0.3, -0.25) is 4.79 Å².